The van der Waals surface area contributed by atoms with E-state index in [0.29, 0.717) is 8.11 Å². The summed E-state index contributed by atoms with van der Waals surface area (Å²) >= 11 is 0. The van der Waals surface area contributed by atoms with Crippen molar-refractivity contribution in [3.8, 4) is 0 Å². The van der Waals surface area contributed by atoms with Gasteiger partial charge in [0.05, 0.1) is 0 Å². The molecule has 212 valence electrons. The predicted molar refractivity (Wildman–Crippen MR) is 176 cm³/mol. The maximum absolute atomic E-state index is 4.26. The van der Waals surface area contributed by atoms with Crippen molar-refractivity contribution >= 4 is 37.1 Å². The summed E-state index contributed by atoms with van der Waals surface area (Å²) in [4.78, 5) is 11.0. The zero-order valence-electron chi connectivity index (χ0n) is 24.4. The number of fused-ring (bicyclic) bond motifs is 10. The molecule has 10 aliphatic heterocycles. The SMILES string of the molecule is C[C@@H](N(C)C)[C]12[CH]3[CH]4[CH]5[CH]1[Fe]45321678[CH]2[CH]1[C]6(P(c1ccccc1)c1ccccc1)[C]7(P(c1ccccc1)c1ccccc1)[CH]28. The Bertz CT molecular complexity index is 2160. The van der Waals surface area contributed by atoms with Crippen LogP contribution >= 0.6 is 15.8 Å². The summed E-state index contributed by atoms with van der Waals surface area (Å²) in [6.45, 7) is -1.55. The van der Waals surface area contributed by atoms with E-state index in [1.54, 1.807) is 21.2 Å². The molecule has 14 rings (SSSR count). The van der Waals surface area contributed by atoms with Crippen molar-refractivity contribution in [2.24, 2.45) is 0 Å². The van der Waals surface area contributed by atoms with E-state index in [1.807, 2.05) is 0 Å². The minimum absolute atomic E-state index is 0.408. The number of hydrogen-bond acceptors (Lipinski definition) is 1. The second-order valence-electron chi connectivity index (χ2n) is 17.5. The van der Waals surface area contributed by atoms with Crippen molar-refractivity contribution in [2.75, 3.05) is 14.1 Å². The summed E-state index contributed by atoms with van der Waals surface area (Å²) in [6.07, 6.45) is 0. The minimum atomic E-state index is -4.26. The molecule has 10 saturated heterocycles. The van der Waals surface area contributed by atoms with Gasteiger partial charge in [-0.25, -0.2) is 0 Å². The third-order valence-corrected chi connectivity index (χ3v) is 78.7. The van der Waals surface area contributed by atoms with Crippen LogP contribution in [-0.2, 0) is 6.51 Å². The van der Waals surface area contributed by atoms with Gasteiger partial charge in [0, 0.05) is 0 Å². The summed E-state index contributed by atoms with van der Waals surface area (Å²) in [5.74, 6) is 0. The number of benzene rings is 4. The van der Waals surface area contributed by atoms with Crippen LogP contribution in [0.25, 0.3) is 0 Å². The van der Waals surface area contributed by atoms with Crippen LogP contribution in [0.4, 0.5) is 0 Å². The molecule has 4 heteroatoms. The molecule has 0 aliphatic carbocycles. The molecule has 0 bridgehead atoms. The molecule has 10 heterocycles. The van der Waals surface area contributed by atoms with Crippen LogP contribution in [0.15, 0.2) is 121 Å². The normalized spacial score (nSPS) is 59.7. The monoisotopic (exact) mass is 625 g/mol. The van der Waals surface area contributed by atoms with Gasteiger partial charge < -0.3 is 0 Å². The van der Waals surface area contributed by atoms with Gasteiger partial charge in [-0.1, -0.05) is 0 Å². The van der Waals surface area contributed by atoms with Gasteiger partial charge in [0.15, 0.2) is 0 Å². The van der Waals surface area contributed by atoms with E-state index in [1.165, 1.54) is 24.1 Å². The van der Waals surface area contributed by atoms with Gasteiger partial charge in [-0.05, 0) is 0 Å². The molecule has 0 amide bonds. The molecule has 4 aromatic carbocycles. The Labute approximate surface area is 241 Å². The Morgan fingerprint density at radius 2 is 0.857 bits per heavy atom. The van der Waals surface area contributed by atoms with E-state index in [0.717, 1.165) is 20.0 Å². The summed E-state index contributed by atoms with van der Waals surface area (Å²) < 4.78 is 2.02. The van der Waals surface area contributed by atoms with E-state index >= 15 is 0 Å². The summed E-state index contributed by atoms with van der Waals surface area (Å²) in [7, 11) is 4.05. The third kappa shape index (κ3) is 0.557. The fourth-order valence-corrected chi connectivity index (χ4v) is 131. The molecular weight excluding hydrogens is 588 g/mol. The van der Waals surface area contributed by atoms with Crippen LogP contribution in [0.1, 0.15) is 6.92 Å². The molecule has 4 aromatic rings. The van der Waals surface area contributed by atoms with Gasteiger partial charge in [0.2, 0.25) is 0 Å². The number of nitrogens with zero attached hydrogens (tertiary/aromatic N) is 1. The standard InChI is InChI=1S/C29H23P2.C9H14N.Fe/c1-5-14-24(15-6-1)30(25-16-7-2-8-17-25)28-22-13-23-29(28)31(26-18-9-3-10-19-26)27-20-11-4-12-21-27;1-8(10(2)3)9-6-4-5-7-9;/h1-23H;4-8H,1-3H3;/t;8-;/m.1./s1. The second kappa shape index (κ2) is 3.60. The zero-order valence-corrected chi connectivity index (χ0v) is 27.3. The quantitative estimate of drug-likeness (QED) is 0.143. The molecule has 1 spiro atoms. The Morgan fingerprint density at radius 3 is 1.12 bits per heavy atom. The van der Waals surface area contributed by atoms with Crippen LogP contribution in [0.5, 0.6) is 0 Å². The Kier molecular flexibility index (Phi) is 1.87. The number of rotatable bonds is 8. The van der Waals surface area contributed by atoms with E-state index < -0.39 is 22.4 Å². The first-order chi connectivity index (χ1) is 20.4. The third-order valence-electron chi connectivity index (χ3n) is 21.1. The molecule has 0 aromatic heterocycles. The van der Waals surface area contributed by atoms with E-state index in [4.69, 9.17) is 0 Å². The summed E-state index contributed by atoms with van der Waals surface area (Å²) in [6, 6.07) is 49.2. The fraction of sp³-hybridized carbons (Fsp3) is 0.368. The van der Waals surface area contributed by atoms with Crippen molar-refractivity contribution in [3.05, 3.63) is 121 Å². The average Bonchev–Trinajstić information content (AvgIpc) is 4.00. The van der Waals surface area contributed by atoms with Crippen LogP contribution in [0.3, 0.4) is 0 Å². The van der Waals surface area contributed by atoms with Crippen LogP contribution in [0.2, 0.25) is 38.0 Å². The van der Waals surface area contributed by atoms with Gasteiger partial charge in [-0.15, -0.1) is 0 Å². The van der Waals surface area contributed by atoms with Gasteiger partial charge in [-0.2, -0.15) is 0 Å². The molecule has 10 fully saturated rings. The topological polar surface area (TPSA) is 3.24 Å². The first kappa shape index (κ1) is 21.8. The molecular formula is C38H37FeNP2. The second-order valence-corrected chi connectivity index (χ2v) is 46.0. The average molecular weight is 626 g/mol. The Balaban J connectivity index is 1.18. The van der Waals surface area contributed by atoms with E-state index in [9.17, 15) is 0 Å². The van der Waals surface area contributed by atoms with Gasteiger partial charge in [-0.3, -0.25) is 0 Å². The molecule has 10 aliphatic rings. The van der Waals surface area contributed by atoms with Crippen LogP contribution in [0, 0.1) is 0 Å². The van der Waals surface area contributed by atoms with Gasteiger partial charge in [0.25, 0.3) is 0 Å². The van der Waals surface area contributed by atoms with Gasteiger partial charge >= 0.3 is 243 Å². The molecule has 0 N–H and O–H groups in total. The molecule has 0 saturated carbocycles. The Hall–Kier alpha value is -1.78. The molecule has 0 radical (unpaired) electrons. The number of hydrogen-bond donors (Lipinski definition) is 0. The summed E-state index contributed by atoms with van der Waals surface area (Å²) in [5, 5.41) is 6.81. The first-order valence-corrected chi connectivity index (χ1v) is 24.8. The fourth-order valence-electron chi connectivity index (χ4n) is 23.0. The van der Waals surface area contributed by atoms with Crippen LogP contribution in [-0.4, -0.2) is 33.1 Å². The van der Waals surface area contributed by atoms with E-state index in [-0.39, 0.29) is 0 Å². The summed E-state index contributed by atoms with van der Waals surface area (Å²) in [5.41, 5.74) is 0. The van der Waals surface area contributed by atoms with Crippen molar-refractivity contribution < 1.29 is 6.51 Å². The zero-order chi connectivity index (χ0) is 27.6. The van der Waals surface area contributed by atoms with Gasteiger partial charge in [0.1, 0.15) is 0 Å². The van der Waals surface area contributed by atoms with E-state index in [2.05, 4.69) is 147 Å². The maximum atomic E-state index is 2.71. The van der Waals surface area contributed by atoms with Crippen LogP contribution < -0.4 is 21.2 Å². The first-order valence-electron chi connectivity index (χ1n) is 16.0. The Morgan fingerprint density at radius 1 is 0.524 bits per heavy atom. The molecule has 42 heavy (non-hydrogen) atoms. The van der Waals surface area contributed by atoms with Crippen molar-refractivity contribution in [2.45, 2.75) is 59.1 Å². The predicted octanol–water partition coefficient (Wildman–Crippen LogP) is 7.78. The van der Waals surface area contributed by atoms with Crippen molar-refractivity contribution in [3.63, 3.8) is 0 Å². The van der Waals surface area contributed by atoms with Crippen molar-refractivity contribution in [1.29, 1.82) is 0 Å². The molecule has 8 unspecified atom stereocenters. The molecule has 1 nitrogen and oxygen atoms in total. The van der Waals surface area contributed by atoms with Crippen molar-refractivity contribution in [1.82, 2.24) is 4.90 Å². The molecule has 9 atom stereocenters.